The zero-order chi connectivity index (χ0) is 14.8. The van der Waals surface area contributed by atoms with Crippen LogP contribution in [0.25, 0.3) is 0 Å². The lowest BCUT2D eigenvalue weighted by atomic mass is 10.2. The van der Waals surface area contributed by atoms with E-state index in [9.17, 15) is 4.39 Å². The Morgan fingerprint density at radius 1 is 1.29 bits per heavy atom. The molecule has 1 aromatic heterocycles. The molecule has 1 fully saturated rings. The maximum absolute atomic E-state index is 14.2. The molecule has 0 spiro atoms. The largest absolute Gasteiger partial charge is 0.464 e. The summed E-state index contributed by atoms with van der Waals surface area (Å²) < 4.78 is 19.8. The monoisotopic (exact) mass is 288 g/mol. The second-order valence-electron chi connectivity index (χ2n) is 5.81. The van der Waals surface area contributed by atoms with Crippen molar-refractivity contribution >= 4 is 5.69 Å². The number of nitrogens with one attached hydrogen (secondary N) is 1. The van der Waals surface area contributed by atoms with Gasteiger partial charge in [-0.05, 0) is 49.6 Å². The maximum atomic E-state index is 14.2. The van der Waals surface area contributed by atoms with Gasteiger partial charge in [0.2, 0.25) is 0 Å². The van der Waals surface area contributed by atoms with Crippen molar-refractivity contribution in [2.75, 3.05) is 11.9 Å². The number of furan rings is 1. The standard InChI is InChI=1S/C17H21FN2O/c1-12-3-7-15(21-12)11-20(2)17-8-4-13(9-16(17)18)10-19-14-5-6-14/h3-4,7-9,14,19H,5-6,10-11H2,1-2H3. The lowest BCUT2D eigenvalue weighted by Crippen LogP contribution is -2.18. The van der Waals surface area contributed by atoms with Crippen LogP contribution in [0.3, 0.4) is 0 Å². The van der Waals surface area contributed by atoms with Crippen molar-refractivity contribution in [2.45, 2.75) is 38.9 Å². The van der Waals surface area contributed by atoms with Gasteiger partial charge in [0.05, 0.1) is 12.2 Å². The highest BCUT2D eigenvalue weighted by atomic mass is 19.1. The van der Waals surface area contributed by atoms with Crippen LogP contribution in [0.5, 0.6) is 0 Å². The highest BCUT2D eigenvalue weighted by Crippen LogP contribution is 2.23. The van der Waals surface area contributed by atoms with Gasteiger partial charge in [0, 0.05) is 19.6 Å². The van der Waals surface area contributed by atoms with Gasteiger partial charge in [0.1, 0.15) is 17.3 Å². The van der Waals surface area contributed by atoms with Gasteiger partial charge in [-0.1, -0.05) is 6.07 Å². The van der Waals surface area contributed by atoms with Crippen LogP contribution in [0, 0.1) is 12.7 Å². The van der Waals surface area contributed by atoms with E-state index in [4.69, 9.17) is 4.42 Å². The van der Waals surface area contributed by atoms with Crippen LogP contribution in [0.4, 0.5) is 10.1 Å². The number of hydrogen-bond acceptors (Lipinski definition) is 3. The Morgan fingerprint density at radius 3 is 2.71 bits per heavy atom. The van der Waals surface area contributed by atoms with E-state index in [1.807, 2.05) is 43.1 Å². The summed E-state index contributed by atoms with van der Waals surface area (Å²) in [4.78, 5) is 1.87. The minimum atomic E-state index is -0.184. The van der Waals surface area contributed by atoms with Gasteiger partial charge in [0.15, 0.2) is 0 Å². The minimum absolute atomic E-state index is 0.184. The molecule has 3 rings (SSSR count). The van der Waals surface area contributed by atoms with Gasteiger partial charge >= 0.3 is 0 Å². The number of halogens is 1. The second-order valence-corrected chi connectivity index (χ2v) is 5.81. The Balaban J connectivity index is 1.65. The summed E-state index contributed by atoms with van der Waals surface area (Å²) >= 11 is 0. The van der Waals surface area contributed by atoms with Crippen LogP contribution in [0.1, 0.15) is 29.9 Å². The zero-order valence-electron chi connectivity index (χ0n) is 12.5. The quantitative estimate of drug-likeness (QED) is 0.880. The SMILES string of the molecule is Cc1ccc(CN(C)c2ccc(CNC3CC3)cc2F)o1. The van der Waals surface area contributed by atoms with E-state index in [0.29, 0.717) is 18.3 Å². The van der Waals surface area contributed by atoms with Crippen LogP contribution in [-0.4, -0.2) is 13.1 Å². The molecule has 0 atom stereocenters. The third-order valence-corrected chi connectivity index (χ3v) is 3.78. The predicted molar refractivity (Wildman–Crippen MR) is 81.8 cm³/mol. The lowest BCUT2D eigenvalue weighted by Gasteiger charge is -2.19. The summed E-state index contributed by atoms with van der Waals surface area (Å²) in [6.45, 7) is 3.21. The molecule has 4 heteroatoms. The highest BCUT2D eigenvalue weighted by Gasteiger charge is 2.20. The molecule has 0 amide bonds. The van der Waals surface area contributed by atoms with E-state index < -0.39 is 0 Å². The van der Waals surface area contributed by atoms with Crippen LogP contribution < -0.4 is 10.2 Å². The first kappa shape index (κ1) is 14.1. The lowest BCUT2D eigenvalue weighted by molar-refractivity contribution is 0.480. The average Bonchev–Trinajstić information content (AvgIpc) is 3.19. The van der Waals surface area contributed by atoms with Gasteiger partial charge in [0.25, 0.3) is 0 Å². The van der Waals surface area contributed by atoms with Crippen LogP contribution in [0.15, 0.2) is 34.7 Å². The third kappa shape index (κ3) is 3.64. The molecule has 21 heavy (non-hydrogen) atoms. The van der Waals surface area contributed by atoms with E-state index in [1.165, 1.54) is 12.8 Å². The van der Waals surface area contributed by atoms with E-state index in [1.54, 1.807) is 6.07 Å². The van der Waals surface area contributed by atoms with Crippen molar-refractivity contribution in [1.82, 2.24) is 5.32 Å². The number of aryl methyl sites for hydroxylation is 1. The molecular weight excluding hydrogens is 267 g/mol. The first-order valence-electron chi connectivity index (χ1n) is 7.40. The number of nitrogens with zero attached hydrogens (tertiary/aromatic N) is 1. The number of rotatable bonds is 6. The molecule has 0 aliphatic heterocycles. The number of anilines is 1. The smallest absolute Gasteiger partial charge is 0.146 e. The summed E-state index contributed by atoms with van der Waals surface area (Å²) in [5.41, 5.74) is 1.59. The molecule has 0 unspecified atom stereocenters. The first-order chi connectivity index (χ1) is 10.1. The zero-order valence-corrected chi connectivity index (χ0v) is 12.5. The molecule has 0 bridgehead atoms. The summed E-state index contributed by atoms with van der Waals surface area (Å²) in [5, 5.41) is 3.40. The summed E-state index contributed by atoms with van der Waals surface area (Å²) in [5.74, 6) is 1.53. The summed E-state index contributed by atoms with van der Waals surface area (Å²) in [7, 11) is 1.87. The fourth-order valence-corrected chi connectivity index (χ4v) is 2.41. The predicted octanol–water partition coefficient (Wildman–Crippen LogP) is 3.62. The van der Waals surface area contributed by atoms with Crippen molar-refractivity contribution in [3.05, 3.63) is 53.2 Å². The summed E-state index contributed by atoms with van der Waals surface area (Å²) in [6, 6.07) is 9.93. The molecule has 2 aromatic rings. The van der Waals surface area contributed by atoms with E-state index in [2.05, 4.69) is 5.32 Å². The normalized spacial score (nSPS) is 14.4. The topological polar surface area (TPSA) is 28.4 Å². The maximum Gasteiger partial charge on any atom is 0.146 e. The van der Waals surface area contributed by atoms with Crippen molar-refractivity contribution in [3.63, 3.8) is 0 Å². The van der Waals surface area contributed by atoms with Crippen LogP contribution >= 0.6 is 0 Å². The van der Waals surface area contributed by atoms with Gasteiger partial charge in [-0.25, -0.2) is 4.39 Å². The third-order valence-electron chi connectivity index (χ3n) is 3.78. The molecule has 1 aliphatic rings. The fourth-order valence-electron chi connectivity index (χ4n) is 2.41. The van der Waals surface area contributed by atoms with Crippen LogP contribution in [-0.2, 0) is 13.1 Å². The Morgan fingerprint density at radius 2 is 2.10 bits per heavy atom. The second kappa shape index (κ2) is 5.90. The highest BCUT2D eigenvalue weighted by molar-refractivity contribution is 5.48. The molecule has 0 radical (unpaired) electrons. The van der Waals surface area contributed by atoms with E-state index in [-0.39, 0.29) is 5.82 Å². The molecule has 1 heterocycles. The van der Waals surface area contributed by atoms with Crippen molar-refractivity contribution < 1.29 is 8.81 Å². The van der Waals surface area contributed by atoms with Crippen molar-refractivity contribution in [2.24, 2.45) is 0 Å². The van der Waals surface area contributed by atoms with Crippen LogP contribution in [0.2, 0.25) is 0 Å². The molecular formula is C17H21FN2O. The molecule has 112 valence electrons. The van der Waals surface area contributed by atoms with Gasteiger partial charge in [-0.15, -0.1) is 0 Å². The molecule has 1 N–H and O–H groups in total. The van der Waals surface area contributed by atoms with E-state index in [0.717, 1.165) is 23.6 Å². The molecule has 3 nitrogen and oxygen atoms in total. The summed E-state index contributed by atoms with van der Waals surface area (Å²) in [6.07, 6.45) is 2.48. The minimum Gasteiger partial charge on any atom is -0.464 e. The molecule has 1 aromatic carbocycles. The van der Waals surface area contributed by atoms with Gasteiger partial charge < -0.3 is 14.6 Å². The van der Waals surface area contributed by atoms with E-state index >= 15 is 0 Å². The number of hydrogen-bond donors (Lipinski definition) is 1. The average molecular weight is 288 g/mol. The first-order valence-corrected chi connectivity index (χ1v) is 7.40. The molecule has 0 saturated heterocycles. The Labute approximate surface area is 124 Å². The Kier molecular flexibility index (Phi) is 3.97. The molecule has 1 saturated carbocycles. The van der Waals surface area contributed by atoms with Crippen molar-refractivity contribution in [1.29, 1.82) is 0 Å². The fraction of sp³-hybridized carbons (Fsp3) is 0.412. The Hall–Kier alpha value is -1.81. The Bertz CT molecular complexity index is 619. The van der Waals surface area contributed by atoms with Gasteiger partial charge in [-0.3, -0.25) is 0 Å². The van der Waals surface area contributed by atoms with Crippen molar-refractivity contribution in [3.8, 4) is 0 Å². The van der Waals surface area contributed by atoms with Gasteiger partial charge in [-0.2, -0.15) is 0 Å². The molecule has 1 aliphatic carbocycles. The number of benzene rings is 1.